The van der Waals surface area contributed by atoms with Gasteiger partial charge in [0, 0.05) is 6.42 Å². The van der Waals surface area contributed by atoms with Crippen LogP contribution in [0, 0.1) is 12.3 Å². The van der Waals surface area contributed by atoms with Crippen molar-refractivity contribution in [2.75, 3.05) is 0 Å². The zero-order chi connectivity index (χ0) is 14.5. The van der Waals surface area contributed by atoms with Gasteiger partial charge in [-0.2, -0.15) is 13.2 Å². The third-order valence-electron chi connectivity index (χ3n) is 2.40. The maximum atomic E-state index is 12.7. The van der Waals surface area contributed by atoms with Gasteiger partial charge < -0.3 is 4.74 Å². The summed E-state index contributed by atoms with van der Waals surface area (Å²) in [6.45, 7) is 1.59. The van der Waals surface area contributed by atoms with Crippen LogP contribution in [0.15, 0.2) is 24.3 Å². The third kappa shape index (κ3) is 4.66. The van der Waals surface area contributed by atoms with Crippen molar-refractivity contribution in [2.24, 2.45) is 0 Å². The number of hydrogen-bond acceptors (Lipinski definition) is 2. The van der Waals surface area contributed by atoms with E-state index in [2.05, 4.69) is 5.92 Å². The predicted octanol–water partition coefficient (Wildman–Crippen LogP) is 3.20. The average Bonchev–Trinajstić information content (AvgIpc) is 2.28. The van der Waals surface area contributed by atoms with Gasteiger partial charge >= 0.3 is 12.1 Å². The highest BCUT2D eigenvalue weighted by atomic mass is 19.4. The lowest BCUT2D eigenvalue weighted by atomic mass is 10.0. The molecule has 0 aromatic heterocycles. The molecule has 0 saturated carbocycles. The maximum Gasteiger partial charge on any atom is 0.416 e. The number of ether oxygens (including phenoxy) is 1. The van der Waals surface area contributed by atoms with Crippen LogP contribution in [0.4, 0.5) is 13.2 Å². The fourth-order valence-electron chi connectivity index (χ4n) is 1.58. The summed E-state index contributed by atoms with van der Waals surface area (Å²) < 4.78 is 43.0. The van der Waals surface area contributed by atoms with Gasteiger partial charge in [-0.05, 0) is 18.6 Å². The highest BCUT2D eigenvalue weighted by Gasteiger charge is 2.33. The van der Waals surface area contributed by atoms with Crippen molar-refractivity contribution < 1.29 is 22.7 Å². The van der Waals surface area contributed by atoms with Crippen molar-refractivity contribution in [2.45, 2.75) is 32.0 Å². The Labute approximate surface area is 109 Å². The van der Waals surface area contributed by atoms with Crippen molar-refractivity contribution in [1.82, 2.24) is 0 Å². The molecule has 0 bridgehead atoms. The van der Waals surface area contributed by atoms with E-state index in [1.54, 1.807) is 6.92 Å². The first-order valence-corrected chi connectivity index (χ1v) is 5.62. The van der Waals surface area contributed by atoms with E-state index in [9.17, 15) is 18.0 Å². The smallest absolute Gasteiger partial charge is 0.416 e. The molecule has 0 heterocycles. The van der Waals surface area contributed by atoms with Gasteiger partial charge in [0.25, 0.3) is 0 Å². The molecule has 1 unspecified atom stereocenters. The lowest BCUT2D eigenvalue weighted by Crippen LogP contribution is -2.18. The molecule has 0 radical (unpaired) electrons. The molecule has 1 atom stereocenters. The quantitative estimate of drug-likeness (QED) is 0.620. The monoisotopic (exact) mass is 270 g/mol. The number of carbonyl (C=O) groups excluding carboxylic acids is 1. The first-order valence-electron chi connectivity index (χ1n) is 5.62. The molecule has 0 aliphatic heterocycles. The number of rotatable bonds is 4. The number of terminal acetylenes is 1. The van der Waals surface area contributed by atoms with Gasteiger partial charge in [0.2, 0.25) is 0 Å². The zero-order valence-corrected chi connectivity index (χ0v) is 10.3. The van der Waals surface area contributed by atoms with Crippen LogP contribution < -0.4 is 0 Å². The zero-order valence-electron chi connectivity index (χ0n) is 10.3. The second-order valence-corrected chi connectivity index (χ2v) is 4.04. The van der Waals surface area contributed by atoms with Crippen molar-refractivity contribution >= 4 is 5.97 Å². The van der Waals surface area contributed by atoms with Crippen molar-refractivity contribution in [1.29, 1.82) is 0 Å². The topological polar surface area (TPSA) is 26.3 Å². The standard InChI is InChI=1S/C14H13F3O2/c1-3-6-10(2)19-13(18)9-11-7-4-5-8-12(11)14(15,16)17/h1,4-5,7-8,10H,6,9H2,2H3. The van der Waals surface area contributed by atoms with Crippen LogP contribution in [0.25, 0.3) is 0 Å². The number of benzene rings is 1. The lowest BCUT2D eigenvalue weighted by molar-refractivity contribution is -0.147. The highest BCUT2D eigenvalue weighted by molar-refractivity contribution is 5.73. The van der Waals surface area contributed by atoms with E-state index in [1.807, 2.05) is 0 Å². The molecule has 0 amide bonds. The molecule has 0 N–H and O–H groups in total. The highest BCUT2D eigenvalue weighted by Crippen LogP contribution is 2.32. The molecule has 1 aromatic carbocycles. The minimum Gasteiger partial charge on any atom is -0.461 e. The fourth-order valence-corrected chi connectivity index (χ4v) is 1.58. The second-order valence-electron chi connectivity index (χ2n) is 4.04. The van der Waals surface area contributed by atoms with Crippen LogP contribution in [-0.4, -0.2) is 12.1 Å². The SMILES string of the molecule is C#CCC(C)OC(=O)Cc1ccccc1C(F)(F)F. The Hall–Kier alpha value is -1.96. The molecule has 1 rings (SSSR count). The van der Waals surface area contributed by atoms with Crippen LogP contribution in [-0.2, 0) is 22.1 Å². The molecular weight excluding hydrogens is 257 g/mol. The van der Waals surface area contributed by atoms with Gasteiger partial charge in [-0.15, -0.1) is 12.3 Å². The van der Waals surface area contributed by atoms with Crippen molar-refractivity contribution in [3.63, 3.8) is 0 Å². The summed E-state index contributed by atoms with van der Waals surface area (Å²) in [5, 5.41) is 0. The van der Waals surface area contributed by atoms with Crippen LogP contribution in [0.3, 0.4) is 0 Å². The molecule has 0 aliphatic rings. The van der Waals surface area contributed by atoms with E-state index < -0.39 is 30.2 Å². The third-order valence-corrected chi connectivity index (χ3v) is 2.40. The minimum absolute atomic E-state index is 0.104. The number of carbonyl (C=O) groups is 1. The van der Waals surface area contributed by atoms with Crippen LogP contribution in [0.5, 0.6) is 0 Å². The van der Waals surface area contributed by atoms with Crippen molar-refractivity contribution in [3.05, 3.63) is 35.4 Å². The molecule has 5 heteroatoms. The lowest BCUT2D eigenvalue weighted by Gasteiger charge is -2.14. The molecule has 0 saturated heterocycles. The van der Waals surface area contributed by atoms with Gasteiger partial charge in [0.15, 0.2) is 0 Å². The van der Waals surface area contributed by atoms with Gasteiger partial charge in [-0.3, -0.25) is 4.79 Å². The Morgan fingerprint density at radius 1 is 1.42 bits per heavy atom. The number of halogens is 3. The molecule has 0 aliphatic carbocycles. The first-order chi connectivity index (χ1) is 8.84. The fraction of sp³-hybridized carbons (Fsp3) is 0.357. The van der Waals surface area contributed by atoms with E-state index in [0.29, 0.717) is 0 Å². The summed E-state index contributed by atoms with van der Waals surface area (Å²) in [4.78, 5) is 11.5. The molecule has 0 fully saturated rings. The average molecular weight is 270 g/mol. The van der Waals surface area contributed by atoms with E-state index in [0.717, 1.165) is 6.07 Å². The Bertz CT molecular complexity index is 486. The Morgan fingerprint density at radius 3 is 2.63 bits per heavy atom. The maximum absolute atomic E-state index is 12.7. The number of alkyl halides is 3. The summed E-state index contributed by atoms with van der Waals surface area (Å²) in [6, 6.07) is 4.92. The van der Waals surface area contributed by atoms with Gasteiger partial charge in [0.1, 0.15) is 6.10 Å². The number of hydrogen-bond donors (Lipinski definition) is 0. The molecule has 102 valence electrons. The van der Waals surface area contributed by atoms with E-state index in [-0.39, 0.29) is 12.0 Å². The van der Waals surface area contributed by atoms with Crippen LogP contribution in [0.2, 0.25) is 0 Å². The number of esters is 1. The molecule has 1 aromatic rings. The summed E-state index contributed by atoms with van der Waals surface area (Å²) in [6.07, 6.45) is -0.137. The van der Waals surface area contributed by atoms with Gasteiger partial charge in [-0.25, -0.2) is 0 Å². The van der Waals surface area contributed by atoms with Gasteiger partial charge in [0.05, 0.1) is 12.0 Å². The summed E-state index contributed by atoms with van der Waals surface area (Å²) in [5.41, 5.74) is -0.926. The Balaban J connectivity index is 2.78. The van der Waals surface area contributed by atoms with E-state index >= 15 is 0 Å². The van der Waals surface area contributed by atoms with Crippen LogP contribution >= 0.6 is 0 Å². The summed E-state index contributed by atoms with van der Waals surface area (Å²) in [5.74, 6) is 1.59. The molecule has 19 heavy (non-hydrogen) atoms. The largest absolute Gasteiger partial charge is 0.461 e. The molecule has 0 spiro atoms. The summed E-state index contributed by atoms with van der Waals surface area (Å²) in [7, 11) is 0. The first kappa shape index (κ1) is 15.1. The summed E-state index contributed by atoms with van der Waals surface area (Å²) >= 11 is 0. The van der Waals surface area contributed by atoms with E-state index in [1.165, 1.54) is 18.2 Å². The van der Waals surface area contributed by atoms with Crippen molar-refractivity contribution in [3.8, 4) is 12.3 Å². The molecule has 2 nitrogen and oxygen atoms in total. The van der Waals surface area contributed by atoms with Gasteiger partial charge in [-0.1, -0.05) is 18.2 Å². The van der Waals surface area contributed by atoms with E-state index in [4.69, 9.17) is 11.2 Å². The minimum atomic E-state index is -4.48. The Morgan fingerprint density at radius 2 is 2.05 bits per heavy atom. The Kier molecular flexibility index (Phi) is 4.99. The normalized spacial score (nSPS) is 12.6. The molecular formula is C14H13F3O2. The predicted molar refractivity (Wildman–Crippen MR) is 64.2 cm³/mol. The van der Waals surface area contributed by atoms with Crippen LogP contribution in [0.1, 0.15) is 24.5 Å². The second kappa shape index (κ2) is 6.28.